The first kappa shape index (κ1) is 20.3. The van der Waals surface area contributed by atoms with Gasteiger partial charge in [-0.3, -0.25) is 4.90 Å². The Morgan fingerprint density at radius 1 is 1.26 bits per heavy atom. The number of anilines is 1. The molecule has 5 rings (SSSR count). The Bertz CT molecular complexity index is 930. The lowest BCUT2D eigenvalue weighted by atomic mass is 9.78. The van der Waals surface area contributed by atoms with E-state index in [-0.39, 0.29) is 6.09 Å². The van der Waals surface area contributed by atoms with Gasteiger partial charge in [0, 0.05) is 63.1 Å². The van der Waals surface area contributed by atoms with Gasteiger partial charge in [-0.15, -0.1) is 0 Å². The number of pyridine rings is 1. The van der Waals surface area contributed by atoms with E-state index < -0.39 is 0 Å². The number of carbonyl (C=O) groups excluding carboxylic acids is 1. The minimum Gasteiger partial charge on any atom is -0.450 e. The fraction of sp³-hybridized carbons (Fsp3) is 0.609. The van der Waals surface area contributed by atoms with Crippen molar-refractivity contribution in [1.29, 1.82) is 0 Å². The van der Waals surface area contributed by atoms with E-state index in [9.17, 15) is 4.79 Å². The minimum atomic E-state index is -0.149. The molecule has 3 fully saturated rings. The van der Waals surface area contributed by atoms with Gasteiger partial charge in [-0.25, -0.2) is 14.5 Å². The van der Waals surface area contributed by atoms with Crippen LogP contribution in [-0.2, 0) is 4.74 Å². The Hall–Kier alpha value is -2.61. The van der Waals surface area contributed by atoms with Gasteiger partial charge in [0.05, 0.1) is 12.8 Å². The molecule has 1 atom stereocenters. The molecule has 1 spiro atoms. The Morgan fingerprint density at radius 2 is 2.06 bits per heavy atom. The first-order chi connectivity index (χ1) is 15.1. The van der Waals surface area contributed by atoms with Crippen molar-refractivity contribution < 1.29 is 9.53 Å². The summed E-state index contributed by atoms with van der Waals surface area (Å²) in [6.45, 7) is 10.2. The summed E-state index contributed by atoms with van der Waals surface area (Å²) in [5.74, 6) is 1.01. The number of aryl methyl sites for hydroxylation is 1. The molecule has 2 saturated heterocycles. The van der Waals surface area contributed by atoms with Crippen molar-refractivity contribution in [3.8, 4) is 5.69 Å². The van der Waals surface area contributed by atoms with Gasteiger partial charge < -0.3 is 14.5 Å². The maximum atomic E-state index is 11.9. The molecule has 4 heterocycles. The lowest BCUT2D eigenvalue weighted by Crippen LogP contribution is -2.58. The highest BCUT2D eigenvalue weighted by atomic mass is 16.6. The molecule has 3 aliphatic rings. The van der Waals surface area contributed by atoms with Crippen LogP contribution in [0.3, 0.4) is 0 Å². The van der Waals surface area contributed by atoms with E-state index >= 15 is 0 Å². The summed E-state index contributed by atoms with van der Waals surface area (Å²) in [5, 5.41) is 4.48. The molecule has 1 saturated carbocycles. The summed E-state index contributed by atoms with van der Waals surface area (Å²) in [6, 6.07) is 4.69. The summed E-state index contributed by atoms with van der Waals surface area (Å²) < 4.78 is 7.07. The van der Waals surface area contributed by atoms with Crippen molar-refractivity contribution in [2.75, 3.05) is 50.8 Å². The number of ether oxygens (including phenoxy) is 1. The highest BCUT2D eigenvalue weighted by molar-refractivity contribution is 5.69. The van der Waals surface area contributed by atoms with Gasteiger partial charge in [0.1, 0.15) is 5.69 Å². The number of rotatable bonds is 4. The fourth-order valence-corrected chi connectivity index (χ4v) is 5.54. The molecule has 2 aliphatic heterocycles. The van der Waals surface area contributed by atoms with Crippen LogP contribution in [-0.4, -0.2) is 82.6 Å². The van der Waals surface area contributed by atoms with E-state index in [1.165, 1.54) is 19.3 Å². The van der Waals surface area contributed by atoms with Crippen LogP contribution in [0.5, 0.6) is 0 Å². The van der Waals surface area contributed by atoms with Gasteiger partial charge in [0.2, 0.25) is 0 Å². The van der Waals surface area contributed by atoms with Crippen LogP contribution in [0.15, 0.2) is 30.7 Å². The van der Waals surface area contributed by atoms with E-state index in [0.717, 1.165) is 56.3 Å². The first-order valence-corrected chi connectivity index (χ1v) is 11.4. The normalized spacial score (nSPS) is 23.2. The number of hydrogen-bond acceptors (Lipinski definition) is 6. The number of aromatic nitrogens is 3. The Balaban J connectivity index is 1.18. The molecule has 31 heavy (non-hydrogen) atoms. The zero-order chi connectivity index (χ0) is 21.4. The molecule has 0 radical (unpaired) electrons. The zero-order valence-corrected chi connectivity index (χ0v) is 18.5. The molecule has 0 aromatic carbocycles. The molecule has 1 amide bonds. The Morgan fingerprint density at radius 3 is 2.77 bits per heavy atom. The van der Waals surface area contributed by atoms with Crippen molar-refractivity contribution >= 4 is 11.9 Å². The SMILES string of the molecule is CCOC(=O)N1CC2(CC[C@@H](N3CCN(c4ncccc4-n4cc(C)cn4)CC3)C2)C1. The smallest absolute Gasteiger partial charge is 0.409 e. The van der Waals surface area contributed by atoms with E-state index in [1.54, 1.807) is 0 Å². The van der Waals surface area contributed by atoms with E-state index in [2.05, 4.69) is 27.9 Å². The summed E-state index contributed by atoms with van der Waals surface area (Å²) in [7, 11) is 0. The van der Waals surface area contributed by atoms with E-state index in [0.29, 0.717) is 18.1 Å². The molecule has 0 unspecified atom stereocenters. The lowest BCUT2D eigenvalue weighted by Gasteiger charge is -2.48. The molecular weight excluding hydrogens is 392 g/mol. The number of hydrogen-bond donors (Lipinski definition) is 0. The number of carbonyl (C=O) groups is 1. The van der Waals surface area contributed by atoms with Crippen LogP contribution in [0.1, 0.15) is 31.7 Å². The predicted molar refractivity (Wildman–Crippen MR) is 119 cm³/mol. The summed E-state index contributed by atoms with van der Waals surface area (Å²) in [4.78, 5) is 23.5. The lowest BCUT2D eigenvalue weighted by molar-refractivity contribution is -0.00294. The molecule has 1 aliphatic carbocycles. The Kier molecular flexibility index (Phi) is 5.33. The van der Waals surface area contributed by atoms with Crippen LogP contribution >= 0.6 is 0 Å². The number of nitrogens with zero attached hydrogens (tertiary/aromatic N) is 6. The second-order valence-corrected chi connectivity index (χ2v) is 9.28. The Labute approximate surface area is 183 Å². The first-order valence-electron chi connectivity index (χ1n) is 11.4. The van der Waals surface area contributed by atoms with Gasteiger partial charge in [0.25, 0.3) is 0 Å². The molecule has 0 N–H and O–H groups in total. The quantitative estimate of drug-likeness (QED) is 0.752. The van der Waals surface area contributed by atoms with Crippen LogP contribution in [0.2, 0.25) is 0 Å². The topological polar surface area (TPSA) is 66.7 Å². The standard InChI is InChI=1S/C23H32N6O2/c1-3-31-22(30)28-16-23(17-28)7-6-19(13-23)26-9-11-27(12-10-26)21-20(5-4-8-24-21)29-15-18(2)14-25-29/h4-5,8,14-15,19H,3,6-7,9-13,16-17H2,1-2H3/t19-/m1/s1. The third kappa shape index (κ3) is 3.89. The van der Waals surface area contributed by atoms with Gasteiger partial charge >= 0.3 is 6.09 Å². The van der Waals surface area contributed by atoms with E-state index in [4.69, 9.17) is 9.72 Å². The number of likely N-dealkylation sites (tertiary alicyclic amines) is 1. The third-order valence-electron chi connectivity index (χ3n) is 7.11. The molecule has 8 nitrogen and oxygen atoms in total. The van der Waals surface area contributed by atoms with Gasteiger partial charge in [-0.2, -0.15) is 5.10 Å². The fourth-order valence-electron chi connectivity index (χ4n) is 5.54. The average Bonchev–Trinajstić information content (AvgIpc) is 3.40. The van der Waals surface area contributed by atoms with Crippen LogP contribution in [0.25, 0.3) is 5.69 Å². The van der Waals surface area contributed by atoms with Crippen LogP contribution in [0, 0.1) is 12.3 Å². The van der Waals surface area contributed by atoms with E-state index in [1.807, 2.05) is 41.2 Å². The monoisotopic (exact) mass is 424 g/mol. The van der Waals surface area contributed by atoms with Crippen LogP contribution in [0.4, 0.5) is 10.6 Å². The summed E-state index contributed by atoms with van der Waals surface area (Å²) in [6.07, 6.45) is 9.30. The zero-order valence-electron chi connectivity index (χ0n) is 18.5. The largest absolute Gasteiger partial charge is 0.450 e. The average molecular weight is 425 g/mol. The van der Waals surface area contributed by atoms with Gasteiger partial charge in [-0.05, 0) is 50.8 Å². The highest BCUT2D eigenvalue weighted by Crippen LogP contribution is 2.47. The third-order valence-corrected chi connectivity index (χ3v) is 7.11. The van der Waals surface area contributed by atoms with Crippen molar-refractivity contribution in [2.24, 2.45) is 5.41 Å². The van der Waals surface area contributed by atoms with Gasteiger partial charge in [0.15, 0.2) is 5.82 Å². The number of amides is 1. The van der Waals surface area contributed by atoms with Crippen molar-refractivity contribution in [3.63, 3.8) is 0 Å². The van der Waals surface area contributed by atoms with Crippen molar-refractivity contribution in [3.05, 3.63) is 36.3 Å². The summed E-state index contributed by atoms with van der Waals surface area (Å²) in [5.41, 5.74) is 2.51. The highest BCUT2D eigenvalue weighted by Gasteiger charge is 2.51. The minimum absolute atomic E-state index is 0.149. The molecular formula is C23H32N6O2. The molecule has 2 aromatic rings. The second-order valence-electron chi connectivity index (χ2n) is 9.28. The van der Waals surface area contributed by atoms with Crippen LogP contribution < -0.4 is 4.90 Å². The number of piperazine rings is 1. The molecule has 0 bridgehead atoms. The van der Waals surface area contributed by atoms with Crippen molar-refractivity contribution in [2.45, 2.75) is 39.2 Å². The maximum Gasteiger partial charge on any atom is 0.409 e. The summed E-state index contributed by atoms with van der Waals surface area (Å²) >= 11 is 0. The van der Waals surface area contributed by atoms with Crippen molar-refractivity contribution in [1.82, 2.24) is 24.6 Å². The molecule has 2 aromatic heterocycles. The van der Waals surface area contributed by atoms with Gasteiger partial charge in [-0.1, -0.05) is 0 Å². The molecule has 8 heteroatoms. The maximum absolute atomic E-state index is 11.9. The predicted octanol–water partition coefficient (Wildman–Crippen LogP) is 2.71. The second kappa shape index (κ2) is 8.15. The molecule has 166 valence electrons.